The number of hydrogen-bond donors (Lipinski definition) is 2. The predicted octanol–water partition coefficient (Wildman–Crippen LogP) is 3.97. The molecule has 1 aromatic heterocycles. The molecule has 5 nitrogen and oxygen atoms in total. The monoisotopic (exact) mass is 388 g/mol. The minimum atomic E-state index is 0.474. The number of nitrogens with one attached hydrogen (secondary N) is 2. The first-order chi connectivity index (χ1) is 13.2. The molecule has 2 rings (SSSR count). The molecule has 0 saturated heterocycles. The molecule has 27 heavy (non-hydrogen) atoms. The Hall–Kier alpha value is -1.92. The van der Waals surface area contributed by atoms with Crippen molar-refractivity contribution in [2.45, 2.75) is 45.6 Å². The molecule has 1 heterocycles. The van der Waals surface area contributed by atoms with Gasteiger partial charge in [0.25, 0.3) is 0 Å². The van der Waals surface area contributed by atoms with Gasteiger partial charge in [0.1, 0.15) is 5.01 Å². The molecule has 0 aliphatic rings. The lowest BCUT2D eigenvalue weighted by atomic mass is 10.2. The first-order valence-electron chi connectivity index (χ1n) is 9.69. The number of thiazole rings is 1. The summed E-state index contributed by atoms with van der Waals surface area (Å²) in [4.78, 5) is 8.90. The maximum Gasteiger partial charge on any atom is 0.191 e. The highest BCUT2D eigenvalue weighted by molar-refractivity contribution is 7.09. The Balaban J connectivity index is 1.50. The number of hydrogen-bond acceptors (Lipinski definition) is 4. The van der Waals surface area contributed by atoms with Gasteiger partial charge in [-0.2, -0.15) is 0 Å². The zero-order chi connectivity index (χ0) is 19.3. The van der Waals surface area contributed by atoms with E-state index in [0.717, 1.165) is 55.7 Å². The second-order valence-electron chi connectivity index (χ2n) is 6.73. The third kappa shape index (κ3) is 8.54. The Morgan fingerprint density at radius 1 is 1.15 bits per heavy atom. The number of aliphatic imine (C=N–C) groups is 1. The number of unbranched alkanes of at least 4 members (excludes halogenated alkanes) is 1. The summed E-state index contributed by atoms with van der Waals surface area (Å²) in [7, 11) is 1.80. The average molecular weight is 389 g/mol. The van der Waals surface area contributed by atoms with Gasteiger partial charge in [-0.05, 0) is 30.7 Å². The third-order valence-electron chi connectivity index (χ3n) is 4.18. The molecule has 0 saturated carbocycles. The van der Waals surface area contributed by atoms with Crippen molar-refractivity contribution in [2.75, 3.05) is 26.8 Å². The van der Waals surface area contributed by atoms with Crippen molar-refractivity contribution >= 4 is 17.3 Å². The third-order valence-corrected chi connectivity index (χ3v) is 5.04. The van der Waals surface area contributed by atoms with Crippen LogP contribution in [0.2, 0.25) is 0 Å². The van der Waals surface area contributed by atoms with E-state index in [4.69, 9.17) is 4.74 Å². The Kier molecular flexibility index (Phi) is 9.87. The fourth-order valence-electron chi connectivity index (χ4n) is 2.52. The van der Waals surface area contributed by atoms with Gasteiger partial charge in [-0.1, -0.05) is 44.2 Å². The summed E-state index contributed by atoms with van der Waals surface area (Å²) in [5.41, 5.74) is 2.49. The largest absolute Gasteiger partial charge is 0.381 e. The van der Waals surface area contributed by atoms with Gasteiger partial charge in [0, 0.05) is 25.6 Å². The van der Waals surface area contributed by atoms with Crippen molar-refractivity contribution < 1.29 is 4.74 Å². The molecular formula is C21H32N4OS. The van der Waals surface area contributed by atoms with Crippen LogP contribution in [0.5, 0.6) is 0 Å². The van der Waals surface area contributed by atoms with E-state index in [1.807, 2.05) is 6.07 Å². The second-order valence-corrected chi connectivity index (χ2v) is 7.67. The lowest BCUT2D eigenvalue weighted by Gasteiger charge is -2.11. The van der Waals surface area contributed by atoms with Crippen LogP contribution in [0, 0.1) is 0 Å². The van der Waals surface area contributed by atoms with Gasteiger partial charge in [-0.3, -0.25) is 4.99 Å². The summed E-state index contributed by atoms with van der Waals surface area (Å²) in [6.45, 7) is 7.51. The Morgan fingerprint density at radius 2 is 1.96 bits per heavy atom. The number of ether oxygens (including phenoxy) is 1. The second kappa shape index (κ2) is 12.5. The Morgan fingerprint density at radius 3 is 2.67 bits per heavy atom. The predicted molar refractivity (Wildman–Crippen MR) is 115 cm³/mol. The van der Waals surface area contributed by atoms with Crippen LogP contribution in [-0.2, 0) is 17.7 Å². The van der Waals surface area contributed by atoms with Crippen LogP contribution in [0.15, 0.2) is 40.7 Å². The van der Waals surface area contributed by atoms with E-state index in [1.165, 1.54) is 5.56 Å². The van der Waals surface area contributed by atoms with E-state index in [-0.39, 0.29) is 0 Å². The van der Waals surface area contributed by atoms with Crippen molar-refractivity contribution in [1.29, 1.82) is 0 Å². The number of guanidine groups is 1. The maximum absolute atomic E-state index is 5.72. The van der Waals surface area contributed by atoms with Crippen molar-refractivity contribution in [3.63, 3.8) is 0 Å². The summed E-state index contributed by atoms with van der Waals surface area (Å²) < 4.78 is 5.72. The maximum atomic E-state index is 5.72. The van der Waals surface area contributed by atoms with Gasteiger partial charge in [0.05, 0.1) is 18.8 Å². The lowest BCUT2D eigenvalue weighted by Crippen LogP contribution is -2.37. The fraction of sp³-hybridized carbons (Fsp3) is 0.524. The molecule has 1 aromatic carbocycles. The van der Waals surface area contributed by atoms with E-state index in [1.54, 1.807) is 18.4 Å². The van der Waals surface area contributed by atoms with Crippen LogP contribution in [0.3, 0.4) is 0 Å². The minimum Gasteiger partial charge on any atom is -0.381 e. The molecule has 0 bridgehead atoms. The average Bonchev–Trinajstić information content (AvgIpc) is 3.16. The van der Waals surface area contributed by atoms with E-state index < -0.39 is 0 Å². The number of benzene rings is 1. The number of nitrogens with zero attached hydrogens (tertiary/aromatic N) is 2. The molecule has 0 radical (unpaired) electrons. The van der Waals surface area contributed by atoms with Crippen LogP contribution >= 0.6 is 11.3 Å². The zero-order valence-electron chi connectivity index (χ0n) is 16.7. The van der Waals surface area contributed by atoms with Crippen molar-refractivity contribution in [3.8, 4) is 0 Å². The van der Waals surface area contributed by atoms with Crippen LogP contribution in [0.1, 0.15) is 48.9 Å². The molecule has 0 unspecified atom stereocenters. The molecule has 0 aliphatic heterocycles. The van der Waals surface area contributed by atoms with Gasteiger partial charge in [-0.15, -0.1) is 11.3 Å². The van der Waals surface area contributed by atoms with Gasteiger partial charge in [0.15, 0.2) is 5.96 Å². The van der Waals surface area contributed by atoms with Gasteiger partial charge >= 0.3 is 0 Å². The van der Waals surface area contributed by atoms with Gasteiger partial charge in [-0.25, -0.2) is 4.98 Å². The Labute approximate surface area is 167 Å². The van der Waals surface area contributed by atoms with Crippen LogP contribution in [-0.4, -0.2) is 37.7 Å². The van der Waals surface area contributed by atoms with Crippen molar-refractivity contribution in [1.82, 2.24) is 15.6 Å². The first-order valence-corrected chi connectivity index (χ1v) is 10.6. The van der Waals surface area contributed by atoms with E-state index in [0.29, 0.717) is 12.5 Å². The molecule has 0 fully saturated rings. The summed E-state index contributed by atoms with van der Waals surface area (Å²) >= 11 is 1.70. The zero-order valence-corrected chi connectivity index (χ0v) is 17.5. The smallest absolute Gasteiger partial charge is 0.191 e. The summed E-state index contributed by atoms with van der Waals surface area (Å²) in [6, 6.07) is 10.5. The molecule has 0 amide bonds. The van der Waals surface area contributed by atoms with Crippen LogP contribution < -0.4 is 10.6 Å². The highest BCUT2D eigenvalue weighted by atomic mass is 32.1. The fourth-order valence-corrected chi connectivity index (χ4v) is 3.42. The number of aromatic nitrogens is 1. The van der Waals surface area contributed by atoms with Gasteiger partial charge in [0.2, 0.25) is 0 Å². The molecule has 6 heteroatoms. The van der Waals surface area contributed by atoms with Crippen LogP contribution in [0.25, 0.3) is 0 Å². The molecule has 2 aromatic rings. The summed E-state index contributed by atoms with van der Waals surface area (Å²) in [6.07, 6.45) is 3.08. The molecular weight excluding hydrogens is 356 g/mol. The highest BCUT2D eigenvalue weighted by Crippen LogP contribution is 2.17. The van der Waals surface area contributed by atoms with Crippen LogP contribution in [0.4, 0.5) is 0 Å². The number of rotatable bonds is 11. The first kappa shape index (κ1) is 21.4. The molecule has 148 valence electrons. The van der Waals surface area contributed by atoms with Crippen molar-refractivity contribution in [3.05, 3.63) is 52.0 Å². The summed E-state index contributed by atoms with van der Waals surface area (Å²) in [5, 5.41) is 9.89. The Bertz CT molecular complexity index is 670. The molecule has 0 aliphatic carbocycles. The van der Waals surface area contributed by atoms with E-state index >= 15 is 0 Å². The quantitative estimate of drug-likeness (QED) is 0.347. The van der Waals surface area contributed by atoms with E-state index in [2.05, 4.69) is 64.1 Å². The minimum absolute atomic E-state index is 0.474. The molecule has 2 N–H and O–H groups in total. The topological polar surface area (TPSA) is 58.5 Å². The highest BCUT2D eigenvalue weighted by Gasteiger charge is 2.06. The molecule has 0 spiro atoms. The SMILES string of the molecule is CN=C(NCCCCOCCc1ccccc1)NCc1nc(C(C)C)cs1. The lowest BCUT2D eigenvalue weighted by molar-refractivity contribution is 0.133. The van der Waals surface area contributed by atoms with Crippen molar-refractivity contribution in [2.24, 2.45) is 4.99 Å². The van der Waals surface area contributed by atoms with Gasteiger partial charge < -0.3 is 15.4 Å². The van der Waals surface area contributed by atoms with E-state index in [9.17, 15) is 0 Å². The standard InChI is InChI=1S/C21H32N4OS/c1-17(2)19-16-27-20(25-19)15-24-21(22-3)23-12-7-8-13-26-14-11-18-9-5-4-6-10-18/h4-6,9-10,16-17H,7-8,11-15H2,1-3H3,(H2,22,23,24). The summed E-state index contributed by atoms with van der Waals surface area (Å²) in [5.74, 6) is 1.30. The molecule has 0 atom stereocenters. The normalized spacial score (nSPS) is 11.8.